The minimum Gasteiger partial charge on any atom is -0.380 e. The van der Waals surface area contributed by atoms with E-state index in [1.54, 1.807) is 0 Å². The molecule has 3 heteroatoms. The Morgan fingerprint density at radius 2 is 2.07 bits per heavy atom. The molecule has 2 rings (SSSR count). The molecule has 0 bridgehead atoms. The minimum absolute atomic E-state index is 0.582. The molecule has 1 aliphatic heterocycles. The minimum atomic E-state index is 0.582. The fourth-order valence-electron chi connectivity index (χ4n) is 2.53. The first-order chi connectivity index (χ1) is 6.83. The van der Waals surface area contributed by atoms with Crippen LogP contribution in [-0.4, -0.2) is 50.3 Å². The van der Waals surface area contributed by atoms with Crippen molar-refractivity contribution in [3.8, 4) is 0 Å². The average Bonchev–Trinajstić information content (AvgIpc) is 2.15. The van der Waals surface area contributed by atoms with Gasteiger partial charge in [0, 0.05) is 24.7 Å². The summed E-state index contributed by atoms with van der Waals surface area (Å²) >= 11 is 0. The summed E-state index contributed by atoms with van der Waals surface area (Å²) in [5.74, 6) is 0. The van der Waals surface area contributed by atoms with E-state index in [2.05, 4.69) is 24.3 Å². The fourth-order valence-corrected chi connectivity index (χ4v) is 2.53. The summed E-state index contributed by atoms with van der Waals surface area (Å²) in [7, 11) is 4.32. The summed E-state index contributed by atoms with van der Waals surface area (Å²) in [5.41, 5.74) is 0. The number of likely N-dealkylation sites (N-methyl/N-ethyl adjacent to an activating group) is 2. The Morgan fingerprint density at radius 1 is 1.29 bits per heavy atom. The quantitative estimate of drug-likeness (QED) is 0.727. The van der Waals surface area contributed by atoms with Crippen LogP contribution < -0.4 is 5.32 Å². The second kappa shape index (κ2) is 4.60. The first kappa shape index (κ1) is 10.4. The third kappa shape index (κ3) is 1.95. The van der Waals surface area contributed by atoms with E-state index in [1.165, 1.54) is 19.3 Å². The van der Waals surface area contributed by atoms with Gasteiger partial charge in [-0.25, -0.2) is 0 Å². The SMILES string of the molecule is CNC1CCOCC1N(C)C1CCC1. The largest absolute Gasteiger partial charge is 0.380 e. The molecule has 2 atom stereocenters. The highest BCUT2D eigenvalue weighted by Gasteiger charge is 2.33. The van der Waals surface area contributed by atoms with Crippen molar-refractivity contribution in [2.75, 3.05) is 27.3 Å². The first-order valence-electron chi connectivity index (χ1n) is 5.80. The normalized spacial score (nSPS) is 34.5. The van der Waals surface area contributed by atoms with Crippen LogP contribution in [0.4, 0.5) is 0 Å². The van der Waals surface area contributed by atoms with Gasteiger partial charge in [0.05, 0.1) is 6.61 Å². The zero-order chi connectivity index (χ0) is 9.97. The van der Waals surface area contributed by atoms with Gasteiger partial charge in [0.25, 0.3) is 0 Å². The Balaban J connectivity index is 1.91. The molecule has 1 heterocycles. The smallest absolute Gasteiger partial charge is 0.0637 e. The Hall–Kier alpha value is -0.120. The number of ether oxygens (including phenoxy) is 1. The standard InChI is InChI=1S/C11H22N2O/c1-12-10-6-7-14-8-11(10)13(2)9-4-3-5-9/h9-12H,3-8H2,1-2H3. The Morgan fingerprint density at radius 3 is 2.64 bits per heavy atom. The van der Waals surface area contributed by atoms with Gasteiger partial charge in [0.1, 0.15) is 0 Å². The van der Waals surface area contributed by atoms with Crippen LogP contribution in [0.5, 0.6) is 0 Å². The van der Waals surface area contributed by atoms with Crippen LogP contribution in [0.3, 0.4) is 0 Å². The monoisotopic (exact) mass is 198 g/mol. The summed E-state index contributed by atoms with van der Waals surface area (Å²) in [4.78, 5) is 2.53. The predicted octanol–water partition coefficient (Wildman–Crippen LogP) is 0.848. The zero-order valence-electron chi connectivity index (χ0n) is 9.33. The molecule has 1 saturated carbocycles. The molecule has 1 N–H and O–H groups in total. The number of nitrogens with zero attached hydrogens (tertiary/aromatic N) is 1. The van der Waals surface area contributed by atoms with Gasteiger partial charge in [-0.2, -0.15) is 0 Å². The van der Waals surface area contributed by atoms with E-state index in [-0.39, 0.29) is 0 Å². The van der Waals surface area contributed by atoms with E-state index < -0.39 is 0 Å². The van der Waals surface area contributed by atoms with E-state index in [0.717, 1.165) is 25.7 Å². The van der Waals surface area contributed by atoms with Crippen molar-refractivity contribution in [3.63, 3.8) is 0 Å². The van der Waals surface area contributed by atoms with Crippen LogP contribution >= 0.6 is 0 Å². The molecule has 0 aromatic rings. The summed E-state index contributed by atoms with van der Waals surface area (Å²) in [6.07, 6.45) is 5.32. The molecule has 0 aromatic carbocycles. The lowest BCUT2D eigenvalue weighted by Crippen LogP contribution is -2.57. The summed E-state index contributed by atoms with van der Waals surface area (Å²) in [6.45, 7) is 1.82. The average molecular weight is 198 g/mol. The first-order valence-corrected chi connectivity index (χ1v) is 5.80. The number of hydrogen-bond donors (Lipinski definition) is 1. The summed E-state index contributed by atoms with van der Waals surface area (Å²) in [6, 6.07) is 2.02. The van der Waals surface area contributed by atoms with Crippen LogP contribution in [0, 0.1) is 0 Å². The lowest BCUT2D eigenvalue weighted by atomic mass is 9.89. The van der Waals surface area contributed by atoms with Crippen molar-refractivity contribution in [2.45, 2.75) is 43.8 Å². The van der Waals surface area contributed by atoms with Gasteiger partial charge in [-0.1, -0.05) is 6.42 Å². The van der Waals surface area contributed by atoms with Crippen LogP contribution in [0.15, 0.2) is 0 Å². The third-order valence-corrected chi connectivity index (χ3v) is 3.87. The van der Waals surface area contributed by atoms with Crippen LogP contribution in [0.1, 0.15) is 25.7 Å². The van der Waals surface area contributed by atoms with Crippen LogP contribution in [0.2, 0.25) is 0 Å². The lowest BCUT2D eigenvalue weighted by Gasteiger charge is -2.44. The lowest BCUT2D eigenvalue weighted by molar-refractivity contribution is -0.0198. The summed E-state index contributed by atoms with van der Waals surface area (Å²) < 4.78 is 5.57. The van der Waals surface area contributed by atoms with Crippen molar-refractivity contribution in [1.82, 2.24) is 10.2 Å². The molecule has 2 unspecified atom stereocenters. The highest BCUT2D eigenvalue weighted by atomic mass is 16.5. The molecule has 0 radical (unpaired) electrons. The Kier molecular flexibility index (Phi) is 3.42. The molecular formula is C11H22N2O. The highest BCUT2D eigenvalue weighted by molar-refractivity contribution is 4.90. The Labute approximate surface area is 86.8 Å². The number of hydrogen-bond acceptors (Lipinski definition) is 3. The van der Waals surface area contributed by atoms with Crippen LogP contribution in [-0.2, 0) is 4.74 Å². The molecule has 3 nitrogen and oxygen atoms in total. The maximum atomic E-state index is 5.57. The van der Waals surface area contributed by atoms with Crippen molar-refractivity contribution in [3.05, 3.63) is 0 Å². The molecule has 0 amide bonds. The molecule has 14 heavy (non-hydrogen) atoms. The number of nitrogens with one attached hydrogen (secondary N) is 1. The van der Waals surface area contributed by atoms with Gasteiger partial charge < -0.3 is 10.1 Å². The van der Waals surface area contributed by atoms with E-state index in [4.69, 9.17) is 4.74 Å². The van der Waals surface area contributed by atoms with Gasteiger partial charge >= 0.3 is 0 Å². The van der Waals surface area contributed by atoms with Gasteiger partial charge in [-0.05, 0) is 33.4 Å². The van der Waals surface area contributed by atoms with E-state index in [0.29, 0.717) is 12.1 Å². The summed E-state index contributed by atoms with van der Waals surface area (Å²) in [5, 5.41) is 3.42. The topological polar surface area (TPSA) is 24.5 Å². The van der Waals surface area contributed by atoms with Crippen molar-refractivity contribution in [1.29, 1.82) is 0 Å². The molecule has 0 spiro atoms. The van der Waals surface area contributed by atoms with Crippen molar-refractivity contribution >= 4 is 0 Å². The third-order valence-electron chi connectivity index (χ3n) is 3.87. The van der Waals surface area contributed by atoms with E-state index in [1.807, 2.05) is 0 Å². The van der Waals surface area contributed by atoms with Crippen molar-refractivity contribution < 1.29 is 4.74 Å². The van der Waals surface area contributed by atoms with Crippen LogP contribution in [0.25, 0.3) is 0 Å². The molecule has 0 aromatic heterocycles. The van der Waals surface area contributed by atoms with Gasteiger partial charge in [0.15, 0.2) is 0 Å². The molecule has 2 aliphatic rings. The molecule has 1 saturated heterocycles. The second-order valence-corrected chi connectivity index (χ2v) is 4.58. The van der Waals surface area contributed by atoms with Gasteiger partial charge in [-0.3, -0.25) is 4.90 Å². The second-order valence-electron chi connectivity index (χ2n) is 4.58. The van der Waals surface area contributed by atoms with Gasteiger partial charge in [0.2, 0.25) is 0 Å². The highest BCUT2D eigenvalue weighted by Crippen LogP contribution is 2.27. The molecule has 82 valence electrons. The molecular weight excluding hydrogens is 176 g/mol. The van der Waals surface area contributed by atoms with Crippen molar-refractivity contribution in [2.24, 2.45) is 0 Å². The molecule has 1 aliphatic carbocycles. The van der Waals surface area contributed by atoms with E-state index in [9.17, 15) is 0 Å². The van der Waals surface area contributed by atoms with E-state index >= 15 is 0 Å². The fraction of sp³-hybridized carbons (Fsp3) is 1.00. The maximum absolute atomic E-state index is 5.57. The number of rotatable bonds is 3. The molecule has 2 fully saturated rings. The van der Waals surface area contributed by atoms with Gasteiger partial charge in [-0.15, -0.1) is 0 Å². The maximum Gasteiger partial charge on any atom is 0.0637 e. The predicted molar refractivity (Wildman–Crippen MR) is 57.5 cm³/mol. The Bertz CT molecular complexity index is 182. The zero-order valence-corrected chi connectivity index (χ0v) is 9.33.